The SMILES string of the molecule is CCC(C[SiH](C)C)=C(CC(=O)O)C(=O)O. The van der Waals surface area contributed by atoms with Crippen LogP contribution in [0.15, 0.2) is 11.1 Å². The molecule has 0 fully saturated rings. The van der Waals surface area contributed by atoms with E-state index in [0.717, 1.165) is 11.6 Å². The van der Waals surface area contributed by atoms with Gasteiger partial charge in [-0.15, -0.1) is 0 Å². The second kappa shape index (κ2) is 6.39. The van der Waals surface area contributed by atoms with E-state index in [1.54, 1.807) is 0 Å². The molecule has 0 saturated carbocycles. The zero-order chi connectivity index (χ0) is 12.0. The minimum atomic E-state index is -1.09. The minimum Gasteiger partial charge on any atom is -0.481 e. The molecule has 0 amide bonds. The average Bonchev–Trinajstić information content (AvgIpc) is 2.09. The van der Waals surface area contributed by atoms with Crippen LogP contribution in [0.25, 0.3) is 0 Å². The molecular weight excluding hydrogens is 212 g/mol. The third-order valence-corrected chi connectivity index (χ3v) is 3.40. The Balaban J connectivity index is 4.99. The third kappa shape index (κ3) is 5.36. The minimum absolute atomic E-state index is 0.0752. The van der Waals surface area contributed by atoms with Crippen LogP contribution in [0.4, 0.5) is 0 Å². The second-order valence-corrected chi connectivity index (χ2v) is 7.11. The van der Waals surface area contributed by atoms with Crippen molar-refractivity contribution in [3.63, 3.8) is 0 Å². The van der Waals surface area contributed by atoms with Crippen LogP contribution in [-0.2, 0) is 9.59 Å². The lowest BCUT2D eigenvalue weighted by Gasteiger charge is -2.11. The molecule has 2 N–H and O–H groups in total. The van der Waals surface area contributed by atoms with Gasteiger partial charge in [0.2, 0.25) is 0 Å². The van der Waals surface area contributed by atoms with Crippen molar-refractivity contribution in [3.05, 3.63) is 11.1 Å². The highest BCUT2D eigenvalue weighted by Gasteiger charge is 2.17. The van der Waals surface area contributed by atoms with Crippen LogP contribution in [0.2, 0.25) is 19.1 Å². The van der Waals surface area contributed by atoms with Crippen LogP contribution in [0.3, 0.4) is 0 Å². The zero-order valence-electron chi connectivity index (χ0n) is 9.41. The highest BCUT2D eigenvalue weighted by atomic mass is 28.3. The van der Waals surface area contributed by atoms with Gasteiger partial charge in [0.15, 0.2) is 0 Å². The quantitative estimate of drug-likeness (QED) is 0.538. The van der Waals surface area contributed by atoms with E-state index in [1.165, 1.54) is 0 Å². The highest BCUT2D eigenvalue weighted by Crippen LogP contribution is 2.19. The van der Waals surface area contributed by atoms with Crippen molar-refractivity contribution in [1.29, 1.82) is 0 Å². The number of hydrogen-bond donors (Lipinski definition) is 2. The zero-order valence-corrected chi connectivity index (χ0v) is 10.6. The normalized spacial score (nSPS) is 12.5. The summed E-state index contributed by atoms with van der Waals surface area (Å²) in [6, 6.07) is 0.783. The summed E-state index contributed by atoms with van der Waals surface area (Å²) in [5, 5.41) is 17.6. The summed E-state index contributed by atoms with van der Waals surface area (Å²) in [5.74, 6) is -2.17. The Morgan fingerprint density at radius 2 is 1.73 bits per heavy atom. The van der Waals surface area contributed by atoms with Crippen molar-refractivity contribution in [2.45, 2.75) is 38.9 Å². The number of hydrogen-bond acceptors (Lipinski definition) is 2. The van der Waals surface area contributed by atoms with Crippen LogP contribution in [0.1, 0.15) is 19.8 Å². The van der Waals surface area contributed by atoms with E-state index in [2.05, 4.69) is 13.1 Å². The molecule has 0 rings (SSSR count). The molecule has 0 atom stereocenters. The number of carboxylic acids is 2. The molecule has 0 aromatic carbocycles. The van der Waals surface area contributed by atoms with Gasteiger partial charge in [0.25, 0.3) is 0 Å². The summed E-state index contributed by atoms with van der Waals surface area (Å²) < 4.78 is 0. The molecule has 0 spiro atoms. The number of allylic oxidation sites excluding steroid dienone is 1. The summed E-state index contributed by atoms with van der Waals surface area (Å²) in [7, 11) is -0.903. The van der Waals surface area contributed by atoms with Crippen LogP contribution in [0.5, 0.6) is 0 Å². The predicted molar refractivity (Wildman–Crippen MR) is 60.9 cm³/mol. The van der Waals surface area contributed by atoms with Gasteiger partial charge in [-0.2, -0.15) is 0 Å². The fourth-order valence-electron chi connectivity index (χ4n) is 1.48. The summed E-state index contributed by atoms with van der Waals surface area (Å²) in [6.07, 6.45) is 0.250. The van der Waals surface area contributed by atoms with E-state index >= 15 is 0 Å². The molecule has 0 bridgehead atoms. The molecule has 0 aliphatic heterocycles. The van der Waals surface area contributed by atoms with E-state index in [1.807, 2.05) is 6.92 Å². The van der Waals surface area contributed by atoms with Crippen molar-refractivity contribution >= 4 is 20.7 Å². The van der Waals surface area contributed by atoms with Gasteiger partial charge in [0.05, 0.1) is 6.42 Å². The first-order chi connectivity index (χ1) is 6.88. The second-order valence-electron chi connectivity index (χ2n) is 3.91. The molecular formula is C10H18O4Si. The van der Waals surface area contributed by atoms with Crippen LogP contribution >= 0.6 is 0 Å². The lowest BCUT2D eigenvalue weighted by Crippen LogP contribution is -2.12. The molecule has 0 aromatic heterocycles. The van der Waals surface area contributed by atoms with E-state index in [0.29, 0.717) is 6.42 Å². The molecule has 0 aliphatic rings. The van der Waals surface area contributed by atoms with E-state index in [-0.39, 0.29) is 12.0 Å². The summed E-state index contributed by atoms with van der Waals surface area (Å²) in [6.45, 7) is 6.11. The van der Waals surface area contributed by atoms with Crippen molar-refractivity contribution in [3.8, 4) is 0 Å². The Kier molecular flexibility index (Phi) is 5.92. The Morgan fingerprint density at radius 3 is 2.00 bits per heavy atom. The van der Waals surface area contributed by atoms with Gasteiger partial charge in [0.1, 0.15) is 0 Å². The smallest absolute Gasteiger partial charge is 0.332 e. The van der Waals surface area contributed by atoms with E-state index in [4.69, 9.17) is 10.2 Å². The van der Waals surface area contributed by atoms with Crippen molar-refractivity contribution in [2.24, 2.45) is 0 Å². The molecule has 0 radical (unpaired) electrons. The van der Waals surface area contributed by atoms with Crippen LogP contribution < -0.4 is 0 Å². The van der Waals surface area contributed by atoms with Crippen LogP contribution in [-0.4, -0.2) is 30.9 Å². The van der Waals surface area contributed by atoms with Gasteiger partial charge in [0, 0.05) is 14.4 Å². The van der Waals surface area contributed by atoms with Gasteiger partial charge >= 0.3 is 11.9 Å². The number of carboxylic acid groups (broad SMARTS) is 2. The summed E-state index contributed by atoms with van der Waals surface area (Å²) in [4.78, 5) is 21.4. The van der Waals surface area contributed by atoms with E-state index < -0.39 is 20.7 Å². The summed E-state index contributed by atoms with van der Waals surface area (Å²) >= 11 is 0. The van der Waals surface area contributed by atoms with Crippen molar-refractivity contribution in [2.75, 3.05) is 0 Å². The molecule has 0 saturated heterocycles. The predicted octanol–water partition coefficient (Wildman–Crippen LogP) is 1.74. The fraction of sp³-hybridized carbons (Fsp3) is 0.600. The first-order valence-corrected chi connectivity index (χ1v) is 8.17. The third-order valence-electron chi connectivity index (χ3n) is 2.09. The number of carbonyl (C=O) groups is 2. The van der Waals surface area contributed by atoms with Gasteiger partial charge in [-0.05, 0) is 12.5 Å². The fourth-order valence-corrected chi connectivity index (χ4v) is 3.00. The standard InChI is InChI=1S/C10H18O4Si/c1-4-7(6-15(2)3)8(10(13)14)5-9(11)12/h15H,4-6H2,1-3H3,(H,11,12)(H,13,14). The molecule has 0 heterocycles. The van der Waals surface area contributed by atoms with Gasteiger partial charge in [-0.3, -0.25) is 4.79 Å². The van der Waals surface area contributed by atoms with Crippen LogP contribution in [0, 0.1) is 0 Å². The topological polar surface area (TPSA) is 74.6 Å². The highest BCUT2D eigenvalue weighted by molar-refractivity contribution is 6.56. The number of aliphatic carboxylic acids is 2. The number of rotatable bonds is 6. The van der Waals surface area contributed by atoms with Gasteiger partial charge in [-0.25, -0.2) is 4.79 Å². The first-order valence-electron chi connectivity index (χ1n) is 5.04. The van der Waals surface area contributed by atoms with Gasteiger partial charge in [-0.1, -0.05) is 25.6 Å². The Hall–Kier alpha value is -1.10. The largest absolute Gasteiger partial charge is 0.481 e. The molecule has 0 aromatic rings. The summed E-state index contributed by atoms with van der Waals surface area (Å²) in [5.41, 5.74) is 0.873. The van der Waals surface area contributed by atoms with E-state index in [9.17, 15) is 9.59 Å². The maximum atomic E-state index is 10.9. The average molecular weight is 230 g/mol. The molecule has 0 unspecified atom stereocenters. The Labute approximate surface area is 91.2 Å². The van der Waals surface area contributed by atoms with Crippen molar-refractivity contribution < 1.29 is 19.8 Å². The molecule has 0 aliphatic carbocycles. The Morgan fingerprint density at radius 1 is 1.20 bits per heavy atom. The van der Waals surface area contributed by atoms with Gasteiger partial charge < -0.3 is 10.2 Å². The molecule has 5 heteroatoms. The monoisotopic (exact) mass is 230 g/mol. The molecule has 4 nitrogen and oxygen atoms in total. The lowest BCUT2D eigenvalue weighted by molar-refractivity contribution is -0.139. The van der Waals surface area contributed by atoms with Crippen molar-refractivity contribution in [1.82, 2.24) is 0 Å². The first kappa shape index (κ1) is 13.9. The molecule has 15 heavy (non-hydrogen) atoms. The lowest BCUT2D eigenvalue weighted by atomic mass is 10.0. The molecule has 86 valence electrons. The maximum absolute atomic E-state index is 10.9. The maximum Gasteiger partial charge on any atom is 0.332 e. The Bertz CT molecular complexity index is 281.